The zero-order valence-corrected chi connectivity index (χ0v) is 16.9. The average Bonchev–Trinajstić information content (AvgIpc) is 3.39. The molecule has 0 amide bonds. The molecule has 0 aliphatic heterocycles. The van der Waals surface area contributed by atoms with Crippen LogP contribution in [0.2, 0.25) is 0 Å². The van der Waals surface area contributed by atoms with Gasteiger partial charge in [-0.25, -0.2) is 0 Å². The highest BCUT2D eigenvalue weighted by atomic mass is 14.4. The van der Waals surface area contributed by atoms with Gasteiger partial charge in [-0.3, -0.25) is 0 Å². The molecule has 0 saturated heterocycles. The second kappa shape index (κ2) is 12.2. The maximum absolute atomic E-state index is 2.67. The molecule has 3 unspecified atom stereocenters. The maximum atomic E-state index is 2.67. The monoisotopic (exact) mass is 320 g/mol. The highest BCUT2D eigenvalue weighted by molar-refractivity contribution is 5.11. The highest BCUT2D eigenvalue weighted by Gasteiger charge is 2.31. The lowest BCUT2D eigenvalue weighted by molar-refractivity contribution is 0.311. The molecule has 1 aliphatic rings. The highest BCUT2D eigenvalue weighted by Crippen LogP contribution is 2.43. The van der Waals surface area contributed by atoms with E-state index in [1.54, 1.807) is 0 Å². The minimum absolute atomic E-state index is 0.905. The fourth-order valence-electron chi connectivity index (χ4n) is 4.31. The van der Waals surface area contributed by atoms with Crippen LogP contribution in [0, 0.1) is 23.7 Å². The van der Waals surface area contributed by atoms with Crippen LogP contribution in [0.15, 0.2) is 11.6 Å². The van der Waals surface area contributed by atoms with Crippen molar-refractivity contribution in [2.24, 2.45) is 23.7 Å². The van der Waals surface area contributed by atoms with E-state index >= 15 is 0 Å². The lowest BCUT2D eigenvalue weighted by atomic mass is 9.84. The van der Waals surface area contributed by atoms with Crippen LogP contribution in [-0.4, -0.2) is 0 Å². The second-order valence-electron chi connectivity index (χ2n) is 8.07. The molecule has 0 N–H and O–H groups in total. The Morgan fingerprint density at radius 1 is 0.957 bits per heavy atom. The lowest BCUT2D eigenvalue weighted by Crippen LogP contribution is -2.10. The summed E-state index contributed by atoms with van der Waals surface area (Å²) < 4.78 is 0. The standard InChI is InChI=1S/C23H44/c1-6-10-11-15-21(23(9-4)22-17-18-22)16-13-12-14-20(8-3)19(5)7-2/h16,19-20,22-23H,6-15,17-18H2,1-5H3. The summed E-state index contributed by atoms with van der Waals surface area (Å²) in [5.74, 6) is 3.81. The van der Waals surface area contributed by atoms with Gasteiger partial charge in [0.2, 0.25) is 0 Å². The van der Waals surface area contributed by atoms with Crippen LogP contribution < -0.4 is 0 Å². The molecule has 1 aliphatic carbocycles. The van der Waals surface area contributed by atoms with E-state index in [9.17, 15) is 0 Å². The topological polar surface area (TPSA) is 0 Å². The Labute approximate surface area is 147 Å². The van der Waals surface area contributed by atoms with Gasteiger partial charge >= 0.3 is 0 Å². The SMILES string of the molecule is CCCCCC(=CCCCC(CC)C(C)CC)C(CC)C1CC1. The van der Waals surface area contributed by atoms with Crippen molar-refractivity contribution in [2.45, 2.75) is 112 Å². The molecule has 0 spiro atoms. The van der Waals surface area contributed by atoms with Crippen LogP contribution in [0.3, 0.4) is 0 Å². The van der Waals surface area contributed by atoms with Crippen molar-refractivity contribution in [1.29, 1.82) is 0 Å². The minimum Gasteiger partial charge on any atom is -0.0850 e. The molecule has 0 heteroatoms. The molecular formula is C23H44. The minimum atomic E-state index is 0.905. The average molecular weight is 321 g/mol. The van der Waals surface area contributed by atoms with E-state index in [1.165, 1.54) is 77.0 Å². The Bertz CT molecular complexity index is 310. The lowest BCUT2D eigenvalue weighted by Gasteiger charge is -2.22. The first-order chi connectivity index (χ1) is 11.2. The quantitative estimate of drug-likeness (QED) is 0.223. The van der Waals surface area contributed by atoms with Crippen LogP contribution in [-0.2, 0) is 0 Å². The molecular weight excluding hydrogens is 276 g/mol. The molecule has 0 aromatic heterocycles. The van der Waals surface area contributed by atoms with Gasteiger partial charge in [0.25, 0.3) is 0 Å². The summed E-state index contributed by atoms with van der Waals surface area (Å²) in [7, 11) is 0. The number of unbranched alkanes of at least 4 members (excludes halogenated alkanes) is 3. The molecule has 1 rings (SSSR count). The third kappa shape index (κ3) is 7.90. The van der Waals surface area contributed by atoms with Crippen LogP contribution in [0.5, 0.6) is 0 Å². The Morgan fingerprint density at radius 2 is 1.70 bits per heavy atom. The number of hydrogen-bond acceptors (Lipinski definition) is 0. The zero-order valence-electron chi connectivity index (χ0n) is 16.9. The molecule has 136 valence electrons. The van der Waals surface area contributed by atoms with Gasteiger partial charge in [-0.05, 0) is 75.0 Å². The Balaban J connectivity index is 2.47. The maximum Gasteiger partial charge on any atom is -0.0177 e. The van der Waals surface area contributed by atoms with E-state index in [0.717, 1.165) is 23.7 Å². The molecule has 0 nitrogen and oxygen atoms in total. The predicted molar refractivity (Wildman–Crippen MR) is 106 cm³/mol. The van der Waals surface area contributed by atoms with Gasteiger partial charge in [0.15, 0.2) is 0 Å². The molecule has 0 aromatic rings. The van der Waals surface area contributed by atoms with Gasteiger partial charge in [-0.1, -0.05) is 72.0 Å². The van der Waals surface area contributed by atoms with Gasteiger partial charge in [0, 0.05) is 0 Å². The van der Waals surface area contributed by atoms with E-state index in [1.807, 2.05) is 5.57 Å². The van der Waals surface area contributed by atoms with Crippen molar-refractivity contribution in [3.63, 3.8) is 0 Å². The summed E-state index contributed by atoms with van der Waals surface area (Å²) in [6, 6.07) is 0. The molecule has 1 fully saturated rings. The van der Waals surface area contributed by atoms with Crippen LogP contribution in [0.1, 0.15) is 112 Å². The van der Waals surface area contributed by atoms with Crippen molar-refractivity contribution in [1.82, 2.24) is 0 Å². The third-order valence-electron chi connectivity index (χ3n) is 6.33. The summed E-state index contributed by atoms with van der Waals surface area (Å²) in [5.41, 5.74) is 1.83. The van der Waals surface area contributed by atoms with E-state index in [0.29, 0.717) is 0 Å². The summed E-state index contributed by atoms with van der Waals surface area (Å²) in [6.45, 7) is 11.9. The van der Waals surface area contributed by atoms with E-state index in [-0.39, 0.29) is 0 Å². The third-order valence-corrected chi connectivity index (χ3v) is 6.33. The van der Waals surface area contributed by atoms with Crippen LogP contribution in [0.25, 0.3) is 0 Å². The van der Waals surface area contributed by atoms with Crippen LogP contribution in [0.4, 0.5) is 0 Å². The zero-order chi connectivity index (χ0) is 17.1. The molecule has 0 heterocycles. The van der Waals surface area contributed by atoms with Crippen molar-refractivity contribution >= 4 is 0 Å². The first-order valence-electron chi connectivity index (χ1n) is 10.9. The fraction of sp³-hybridized carbons (Fsp3) is 0.913. The predicted octanol–water partition coefficient (Wildman–Crippen LogP) is 8.17. The largest absolute Gasteiger partial charge is 0.0850 e. The Morgan fingerprint density at radius 3 is 2.22 bits per heavy atom. The number of hydrogen-bond donors (Lipinski definition) is 0. The molecule has 1 saturated carbocycles. The number of allylic oxidation sites excluding steroid dienone is 2. The fourth-order valence-corrected chi connectivity index (χ4v) is 4.31. The summed E-state index contributed by atoms with van der Waals surface area (Å²) in [4.78, 5) is 0. The summed E-state index contributed by atoms with van der Waals surface area (Å²) in [5, 5.41) is 0. The van der Waals surface area contributed by atoms with Crippen molar-refractivity contribution in [2.75, 3.05) is 0 Å². The number of rotatable bonds is 14. The molecule has 3 atom stereocenters. The summed E-state index contributed by atoms with van der Waals surface area (Å²) in [6.07, 6.45) is 19.5. The van der Waals surface area contributed by atoms with E-state index in [2.05, 4.69) is 40.7 Å². The van der Waals surface area contributed by atoms with Gasteiger partial charge in [0.05, 0.1) is 0 Å². The molecule has 0 aromatic carbocycles. The van der Waals surface area contributed by atoms with Gasteiger partial charge in [-0.2, -0.15) is 0 Å². The Hall–Kier alpha value is -0.260. The Kier molecular flexibility index (Phi) is 11.0. The van der Waals surface area contributed by atoms with E-state index < -0.39 is 0 Å². The molecule has 0 bridgehead atoms. The normalized spacial score (nSPS) is 19.6. The first kappa shape index (κ1) is 20.8. The van der Waals surface area contributed by atoms with Crippen LogP contribution >= 0.6 is 0 Å². The van der Waals surface area contributed by atoms with Crippen molar-refractivity contribution in [3.05, 3.63) is 11.6 Å². The molecule has 0 radical (unpaired) electrons. The van der Waals surface area contributed by atoms with Crippen molar-refractivity contribution < 1.29 is 0 Å². The molecule has 23 heavy (non-hydrogen) atoms. The first-order valence-corrected chi connectivity index (χ1v) is 10.9. The van der Waals surface area contributed by atoms with Gasteiger partial charge in [-0.15, -0.1) is 0 Å². The van der Waals surface area contributed by atoms with Crippen molar-refractivity contribution in [3.8, 4) is 0 Å². The smallest absolute Gasteiger partial charge is 0.0177 e. The van der Waals surface area contributed by atoms with E-state index in [4.69, 9.17) is 0 Å². The summed E-state index contributed by atoms with van der Waals surface area (Å²) >= 11 is 0. The second-order valence-corrected chi connectivity index (χ2v) is 8.07. The van der Waals surface area contributed by atoms with Gasteiger partial charge < -0.3 is 0 Å². The van der Waals surface area contributed by atoms with Gasteiger partial charge in [0.1, 0.15) is 0 Å².